The largest absolute Gasteiger partial charge is 0.277 e. The number of benzene rings is 1. The number of carbonyl (C=O) groups excluding carboxylic acids is 2. The van der Waals surface area contributed by atoms with Crippen LogP contribution in [0.25, 0.3) is 0 Å². The Hall–Kier alpha value is -1.44. The van der Waals surface area contributed by atoms with Crippen LogP contribution in [0.1, 0.15) is 18.4 Å². The number of likely N-dealkylation sites (tertiary alicyclic amines) is 1. The van der Waals surface area contributed by atoms with E-state index in [-0.39, 0.29) is 48.7 Å². The average Bonchev–Trinajstić information content (AvgIpc) is 2.72. The summed E-state index contributed by atoms with van der Waals surface area (Å²) < 4.78 is 26.5. The highest BCUT2D eigenvalue weighted by Crippen LogP contribution is 2.30. The van der Waals surface area contributed by atoms with Crippen LogP contribution >= 0.6 is 11.6 Å². The molecule has 2 amide bonds. The molecule has 22 heavy (non-hydrogen) atoms. The Labute approximate surface area is 133 Å². The summed E-state index contributed by atoms with van der Waals surface area (Å²) in [5, 5.41) is 0.392. The normalized spacial score (nSPS) is 20.5. The molecule has 0 spiro atoms. The Bertz CT molecular complexity index is 740. The molecule has 0 aromatic heterocycles. The van der Waals surface area contributed by atoms with Gasteiger partial charge in [0.05, 0.1) is 10.9 Å². The molecule has 118 valence electrons. The van der Waals surface area contributed by atoms with Crippen LogP contribution in [0.3, 0.4) is 0 Å². The summed E-state index contributed by atoms with van der Waals surface area (Å²) in [6.07, 6.45) is 0.435. The third kappa shape index (κ3) is 2.33. The number of imide groups is 1. The van der Waals surface area contributed by atoms with Crippen LogP contribution in [0.2, 0.25) is 5.02 Å². The monoisotopic (exact) mass is 342 g/mol. The van der Waals surface area contributed by atoms with Crippen molar-refractivity contribution in [2.75, 3.05) is 13.1 Å². The SMILES string of the molecule is Cc1c(Cl)cccc1S(=O)(=O)N1CC(N2C(=O)CCC2=O)C1. The summed E-state index contributed by atoms with van der Waals surface area (Å²) in [5.74, 6) is -0.433. The van der Waals surface area contributed by atoms with E-state index < -0.39 is 10.0 Å². The highest BCUT2D eigenvalue weighted by atomic mass is 35.5. The van der Waals surface area contributed by atoms with Crippen LogP contribution in [0.5, 0.6) is 0 Å². The van der Waals surface area contributed by atoms with Gasteiger partial charge in [-0.1, -0.05) is 17.7 Å². The van der Waals surface area contributed by atoms with Crippen molar-refractivity contribution >= 4 is 33.4 Å². The van der Waals surface area contributed by atoms with Crippen molar-refractivity contribution in [1.82, 2.24) is 9.21 Å². The summed E-state index contributed by atoms with van der Waals surface area (Å²) in [4.78, 5) is 24.7. The highest BCUT2D eigenvalue weighted by Gasteiger charge is 2.45. The van der Waals surface area contributed by atoms with Gasteiger partial charge in [-0.2, -0.15) is 4.31 Å². The van der Waals surface area contributed by atoms with E-state index in [1.165, 1.54) is 15.3 Å². The van der Waals surface area contributed by atoms with E-state index in [2.05, 4.69) is 0 Å². The molecule has 0 unspecified atom stereocenters. The maximum atomic E-state index is 12.6. The first kappa shape index (κ1) is 15.5. The second-order valence-corrected chi connectivity index (χ2v) is 7.81. The van der Waals surface area contributed by atoms with Gasteiger partial charge in [0.25, 0.3) is 0 Å². The Morgan fingerprint density at radius 3 is 2.32 bits per heavy atom. The summed E-state index contributed by atoms with van der Waals surface area (Å²) in [6, 6.07) is 4.39. The number of halogens is 1. The minimum absolute atomic E-state index is 0.145. The van der Waals surface area contributed by atoms with Crippen molar-refractivity contribution in [3.63, 3.8) is 0 Å². The molecule has 2 aliphatic rings. The molecular weight excluding hydrogens is 328 g/mol. The molecule has 0 radical (unpaired) electrons. The highest BCUT2D eigenvalue weighted by molar-refractivity contribution is 7.89. The molecule has 8 heteroatoms. The van der Waals surface area contributed by atoms with Crippen LogP contribution in [-0.2, 0) is 19.6 Å². The van der Waals surface area contributed by atoms with Crippen molar-refractivity contribution in [3.05, 3.63) is 28.8 Å². The first-order valence-corrected chi connectivity index (χ1v) is 8.74. The van der Waals surface area contributed by atoms with E-state index in [4.69, 9.17) is 11.6 Å². The van der Waals surface area contributed by atoms with Gasteiger partial charge in [0.15, 0.2) is 0 Å². The van der Waals surface area contributed by atoms with Gasteiger partial charge in [-0.3, -0.25) is 14.5 Å². The van der Waals surface area contributed by atoms with Gasteiger partial charge < -0.3 is 0 Å². The van der Waals surface area contributed by atoms with E-state index in [0.717, 1.165) is 0 Å². The Kier molecular flexibility index (Phi) is 3.74. The fraction of sp³-hybridized carbons (Fsp3) is 0.429. The van der Waals surface area contributed by atoms with Crippen LogP contribution in [-0.4, -0.2) is 48.6 Å². The molecule has 6 nitrogen and oxygen atoms in total. The molecule has 0 aliphatic carbocycles. The van der Waals surface area contributed by atoms with Gasteiger partial charge in [-0.15, -0.1) is 0 Å². The molecule has 2 heterocycles. The zero-order valence-corrected chi connectivity index (χ0v) is 13.5. The smallest absolute Gasteiger partial charge is 0.243 e. The van der Waals surface area contributed by atoms with Crippen LogP contribution < -0.4 is 0 Å². The van der Waals surface area contributed by atoms with Gasteiger partial charge in [0.2, 0.25) is 21.8 Å². The Morgan fingerprint density at radius 1 is 1.14 bits per heavy atom. The molecule has 1 aromatic carbocycles. The molecule has 0 N–H and O–H groups in total. The Balaban J connectivity index is 1.78. The topological polar surface area (TPSA) is 74.8 Å². The molecule has 0 bridgehead atoms. The fourth-order valence-electron chi connectivity index (χ4n) is 2.78. The molecule has 2 saturated heterocycles. The summed E-state index contributed by atoms with van der Waals surface area (Å²) in [5.41, 5.74) is 0.501. The predicted octanol–water partition coefficient (Wildman–Crippen LogP) is 1.17. The molecule has 2 aliphatic heterocycles. The standard InChI is InChI=1S/C14H15ClN2O4S/c1-9-11(15)3-2-4-12(9)22(20,21)16-7-10(8-16)17-13(18)5-6-14(17)19/h2-4,10H,5-8H2,1H3. The lowest BCUT2D eigenvalue weighted by atomic mass is 10.1. The van der Waals surface area contributed by atoms with E-state index >= 15 is 0 Å². The average molecular weight is 343 g/mol. The van der Waals surface area contributed by atoms with Crippen LogP contribution in [0, 0.1) is 6.92 Å². The number of hydrogen-bond donors (Lipinski definition) is 0. The van der Waals surface area contributed by atoms with E-state index in [1.54, 1.807) is 19.1 Å². The third-order valence-corrected chi connectivity index (χ3v) is 6.51. The summed E-state index contributed by atoms with van der Waals surface area (Å²) in [6.45, 7) is 1.94. The predicted molar refractivity (Wildman–Crippen MR) is 79.8 cm³/mol. The number of nitrogens with zero attached hydrogens (tertiary/aromatic N) is 2. The second kappa shape index (κ2) is 5.33. The van der Waals surface area contributed by atoms with Gasteiger partial charge in [-0.25, -0.2) is 8.42 Å². The van der Waals surface area contributed by atoms with Crippen molar-refractivity contribution in [2.45, 2.75) is 30.7 Å². The zero-order valence-electron chi connectivity index (χ0n) is 12.0. The molecule has 2 fully saturated rings. The van der Waals surface area contributed by atoms with Gasteiger partial charge >= 0.3 is 0 Å². The van der Waals surface area contributed by atoms with Crippen LogP contribution in [0.4, 0.5) is 0 Å². The van der Waals surface area contributed by atoms with Crippen molar-refractivity contribution in [2.24, 2.45) is 0 Å². The second-order valence-electron chi connectivity index (χ2n) is 5.50. The van der Waals surface area contributed by atoms with Crippen molar-refractivity contribution in [3.8, 4) is 0 Å². The molecular formula is C14H15ClN2O4S. The zero-order chi connectivity index (χ0) is 16.1. The van der Waals surface area contributed by atoms with Crippen molar-refractivity contribution < 1.29 is 18.0 Å². The first-order chi connectivity index (χ1) is 10.3. The number of carbonyl (C=O) groups is 2. The van der Waals surface area contributed by atoms with Crippen molar-refractivity contribution in [1.29, 1.82) is 0 Å². The fourth-order valence-corrected chi connectivity index (χ4v) is 4.78. The van der Waals surface area contributed by atoms with Gasteiger partial charge in [0.1, 0.15) is 0 Å². The number of rotatable bonds is 3. The number of amides is 2. The number of hydrogen-bond acceptors (Lipinski definition) is 4. The Morgan fingerprint density at radius 2 is 1.73 bits per heavy atom. The molecule has 0 atom stereocenters. The lowest BCUT2D eigenvalue weighted by Crippen LogP contribution is -2.62. The minimum Gasteiger partial charge on any atom is -0.277 e. The third-order valence-electron chi connectivity index (χ3n) is 4.12. The lowest BCUT2D eigenvalue weighted by molar-refractivity contribution is -0.143. The van der Waals surface area contributed by atoms with Gasteiger partial charge in [-0.05, 0) is 24.6 Å². The molecule has 3 rings (SSSR count). The first-order valence-electron chi connectivity index (χ1n) is 6.92. The number of sulfonamides is 1. The van der Waals surface area contributed by atoms with E-state index in [9.17, 15) is 18.0 Å². The summed E-state index contributed by atoms with van der Waals surface area (Å²) in [7, 11) is -3.65. The van der Waals surface area contributed by atoms with Gasteiger partial charge in [0, 0.05) is 31.0 Å². The maximum Gasteiger partial charge on any atom is 0.243 e. The van der Waals surface area contributed by atoms with E-state index in [1.807, 2.05) is 0 Å². The maximum absolute atomic E-state index is 12.6. The summed E-state index contributed by atoms with van der Waals surface area (Å²) >= 11 is 5.98. The van der Waals surface area contributed by atoms with E-state index in [0.29, 0.717) is 10.6 Å². The van der Waals surface area contributed by atoms with Crippen LogP contribution in [0.15, 0.2) is 23.1 Å². The molecule has 1 aromatic rings. The quantitative estimate of drug-likeness (QED) is 0.773. The minimum atomic E-state index is -3.65. The lowest BCUT2D eigenvalue weighted by Gasteiger charge is -2.42. The molecule has 0 saturated carbocycles.